The fourth-order valence-electron chi connectivity index (χ4n) is 5.26. The predicted octanol–water partition coefficient (Wildman–Crippen LogP) is 5.91. The summed E-state index contributed by atoms with van der Waals surface area (Å²) in [4.78, 5) is 18.5. The third-order valence-corrected chi connectivity index (χ3v) is 6.74. The van der Waals surface area contributed by atoms with E-state index in [9.17, 15) is 0 Å². The molecule has 1 aromatic carbocycles. The van der Waals surface area contributed by atoms with Gasteiger partial charge in [0.25, 0.3) is 0 Å². The van der Waals surface area contributed by atoms with Crippen LogP contribution in [0.1, 0.15) is 90.8 Å². The zero-order valence-electron chi connectivity index (χ0n) is 24.3. The van der Waals surface area contributed by atoms with E-state index in [0.717, 1.165) is 48.6 Å². The largest absolute Gasteiger partial charge is 0.350 e. The smallest absolute Gasteiger partial charge is 0.223 e. The minimum atomic E-state index is 0.413. The van der Waals surface area contributed by atoms with E-state index >= 15 is 0 Å². The van der Waals surface area contributed by atoms with Gasteiger partial charge in [-0.3, -0.25) is 0 Å². The molecule has 7 heteroatoms. The summed E-state index contributed by atoms with van der Waals surface area (Å²) in [5, 5.41) is 10.8. The van der Waals surface area contributed by atoms with E-state index in [1.165, 1.54) is 33.4 Å². The van der Waals surface area contributed by atoms with Crippen molar-refractivity contribution in [1.29, 1.82) is 0 Å². The number of nitrogens with zero attached hydrogens (tertiary/aromatic N) is 4. The van der Waals surface area contributed by atoms with Crippen LogP contribution in [0, 0.1) is 27.7 Å². The molecule has 0 radical (unpaired) electrons. The van der Waals surface area contributed by atoms with Gasteiger partial charge < -0.3 is 16.0 Å². The van der Waals surface area contributed by atoms with Crippen molar-refractivity contribution >= 4 is 11.9 Å². The molecule has 0 aliphatic rings. The highest BCUT2D eigenvalue weighted by Gasteiger charge is 2.22. The molecule has 3 aromatic rings. The molecule has 2 heterocycles. The number of hydrogen-bond acceptors (Lipinski definition) is 7. The molecule has 0 fully saturated rings. The second-order valence-electron chi connectivity index (χ2n) is 10.1. The van der Waals surface area contributed by atoms with Crippen molar-refractivity contribution in [3.63, 3.8) is 0 Å². The van der Waals surface area contributed by atoms with Crippen LogP contribution in [0.4, 0.5) is 11.9 Å². The van der Waals surface area contributed by atoms with Gasteiger partial charge in [-0.2, -0.15) is 0 Å². The summed E-state index contributed by atoms with van der Waals surface area (Å²) in [6, 6.07) is 4.42. The lowest BCUT2D eigenvalue weighted by Gasteiger charge is -2.27. The maximum Gasteiger partial charge on any atom is 0.223 e. The van der Waals surface area contributed by atoms with E-state index < -0.39 is 0 Å². The van der Waals surface area contributed by atoms with E-state index in [1.807, 2.05) is 39.8 Å². The Labute approximate surface area is 223 Å². The van der Waals surface area contributed by atoms with Crippen LogP contribution in [0.5, 0.6) is 0 Å². The van der Waals surface area contributed by atoms with Crippen molar-refractivity contribution in [2.45, 2.75) is 107 Å². The normalized spacial score (nSPS) is 11.3. The molecular weight excluding hydrogens is 458 g/mol. The fourth-order valence-corrected chi connectivity index (χ4v) is 5.26. The molecule has 0 saturated carbocycles. The summed E-state index contributed by atoms with van der Waals surface area (Å²) in [5.41, 5.74) is 12.3. The molecule has 37 heavy (non-hydrogen) atoms. The fraction of sp³-hybridized carbons (Fsp3) is 0.533. The molecule has 3 rings (SSSR count). The monoisotopic (exact) mass is 503 g/mol. The van der Waals surface area contributed by atoms with E-state index in [4.69, 9.17) is 0 Å². The van der Waals surface area contributed by atoms with Crippen LogP contribution >= 0.6 is 0 Å². The Morgan fingerprint density at radius 2 is 0.865 bits per heavy atom. The molecule has 0 unspecified atom stereocenters. The Kier molecular flexibility index (Phi) is 9.98. The lowest BCUT2D eigenvalue weighted by molar-refractivity contribution is 0.582. The van der Waals surface area contributed by atoms with Crippen molar-refractivity contribution < 1.29 is 0 Å². The van der Waals surface area contributed by atoms with Crippen molar-refractivity contribution in [2.24, 2.45) is 0 Å². The summed E-state index contributed by atoms with van der Waals surface area (Å²) in [6.07, 6.45) is 2.91. The molecule has 0 aliphatic heterocycles. The van der Waals surface area contributed by atoms with Gasteiger partial charge >= 0.3 is 0 Å². The van der Waals surface area contributed by atoms with Gasteiger partial charge in [-0.25, -0.2) is 19.9 Å². The van der Waals surface area contributed by atoms with E-state index in [1.54, 1.807) is 0 Å². The third-order valence-electron chi connectivity index (χ3n) is 6.74. The number of nitrogens with one attached hydrogen (secondary N) is 3. The maximum atomic E-state index is 4.63. The van der Waals surface area contributed by atoms with Gasteiger partial charge in [0.2, 0.25) is 11.9 Å². The first kappa shape index (κ1) is 28.5. The molecule has 0 spiro atoms. The molecule has 0 bridgehead atoms. The molecule has 2 aromatic heterocycles. The van der Waals surface area contributed by atoms with Crippen molar-refractivity contribution in [1.82, 2.24) is 25.3 Å². The molecular formula is C30H45N7. The molecule has 200 valence electrons. The number of aryl methyl sites for hydroxylation is 4. The predicted molar refractivity (Wildman–Crippen MR) is 154 cm³/mol. The summed E-state index contributed by atoms with van der Waals surface area (Å²) >= 11 is 0. The van der Waals surface area contributed by atoms with Crippen LogP contribution in [0.25, 0.3) is 0 Å². The molecule has 0 saturated heterocycles. The number of hydrogen-bond donors (Lipinski definition) is 3. The number of rotatable bonds is 12. The van der Waals surface area contributed by atoms with Gasteiger partial charge in [0.1, 0.15) is 0 Å². The maximum absolute atomic E-state index is 4.63. The van der Waals surface area contributed by atoms with Crippen LogP contribution in [-0.2, 0) is 38.9 Å². The van der Waals surface area contributed by atoms with Crippen molar-refractivity contribution in [3.05, 3.63) is 68.3 Å². The van der Waals surface area contributed by atoms with Gasteiger partial charge in [-0.1, -0.05) is 34.6 Å². The molecule has 7 nitrogen and oxygen atoms in total. The first-order chi connectivity index (χ1) is 17.7. The summed E-state index contributed by atoms with van der Waals surface area (Å²) < 4.78 is 0. The highest BCUT2D eigenvalue weighted by atomic mass is 15.1. The third kappa shape index (κ3) is 7.25. The zero-order valence-corrected chi connectivity index (χ0v) is 24.3. The molecule has 0 amide bonds. The Morgan fingerprint density at radius 3 is 1.16 bits per heavy atom. The summed E-state index contributed by atoms with van der Waals surface area (Å²) in [5.74, 6) is 1.37. The van der Waals surface area contributed by atoms with E-state index in [0.29, 0.717) is 31.0 Å². The second kappa shape index (κ2) is 13.0. The van der Waals surface area contributed by atoms with Crippen molar-refractivity contribution in [3.8, 4) is 0 Å². The quantitative estimate of drug-likeness (QED) is 0.283. The van der Waals surface area contributed by atoms with Crippen LogP contribution in [-0.4, -0.2) is 26.0 Å². The average molecular weight is 504 g/mol. The van der Waals surface area contributed by atoms with E-state index in [-0.39, 0.29) is 0 Å². The van der Waals surface area contributed by atoms with Crippen LogP contribution in [0.2, 0.25) is 0 Å². The van der Waals surface area contributed by atoms with Gasteiger partial charge in [0.05, 0.1) is 0 Å². The van der Waals surface area contributed by atoms with Crippen molar-refractivity contribution in [2.75, 3.05) is 10.6 Å². The lowest BCUT2D eigenvalue weighted by atomic mass is 9.83. The van der Waals surface area contributed by atoms with Gasteiger partial charge in [-0.05, 0) is 92.5 Å². The molecule has 3 N–H and O–H groups in total. The number of anilines is 2. The number of benzene rings is 1. The van der Waals surface area contributed by atoms with Gasteiger partial charge in [0.15, 0.2) is 0 Å². The lowest BCUT2D eigenvalue weighted by Crippen LogP contribution is -2.26. The summed E-state index contributed by atoms with van der Waals surface area (Å²) in [7, 11) is 0. The number of aromatic nitrogens is 4. The van der Waals surface area contributed by atoms with Gasteiger partial charge in [-0.15, -0.1) is 0 Å². The average Bonchev–Trinajstić information content (AvgIpc) is 2.82. The molecule has 0 atom stereocenters. The topological polar surface area (TPSA) is 87.7 Å². The SMILES string of the molecule is CCc1c(CNc2nc(C)cc(C)n2)c(CC)c(CNC(C)C)c(CC)c1CNc1nc(C)cc(C)n1. The van der Waals surface area contributed by atoms with Gasteiger partial charge in [0, 0.05) is 48.5 Å². The van der Waals surface area contributed by atoms with Crippen LogP contribution in [0.15, 0.2) is 12.1 Å². The summed E-state index contributed by atoms with van der Waals surface area (Å²) in [6.45, 7) is 21.5. The highest BCUT2D eigenvalue weighted by molar-refractivity contribution is 5.54. The minimum absolute atomic E-state index is 0.413. The highest BCUT2D eigenvalue weighted by Crippen LogP contribution is 2.32. The standard InChI is InChI=1S/C30H45N7/c1-10-23-26(15-31-18(4)5)24(11-2)28(17-33-30-36-21(8)14-22(9)37-30)25(12-3)27(23)16-32-29-34-19(6)13-20(7)35-29/h13-14,18,31H,10-12,15-17H2,1-9H3,(H,32,34,35)(H,33,36,37). The molecule has 0 aliphatic carbocycles. The second-order valence-corrected chi connectivity index (χ2v) is 10.1. The van der Waals surface area contributed by atoms with Crippen LogP contribution in [0.3, 0.4) is 0 Å². The Hall–Kier alpha value is -3.06. The first-order valence-electron chi connectivity index (χ1n) is 13.7. The Balaban J connectivity index is 2.11. The first-order valence-corrected chi connectivity index (χ1v) is 13.7. The van der Waals surface area contributed by atoms with Crippen LogP contribution < -0.4 is 16.0 Å². The minimum Gasteiger partial charge on any atom is -0.350 e. The van der Waals surface area contributed by atoms with E-state index in [2.05, 4.69) is 70.5 Å². The zero-order chi connectivity index (χ0) is 27.1. The Bertz CT molecular complexity index is 1090. The Morgan fingerprint density at radius 1 is 0.541 bits per heavy atom.